The van der Waals surface area contributed by atoms with Crippen LogP contribution in [0.5, 0.6) is 0 Å². The average Bonchev–Trinajstić information content (AvgIpc) is 3.37. The molecule has 9 N–H and O–H groups in total. The molecule has 0 aromatic rings. The number of carbonyl (C=O) groups is 8. The first-order valence-corrected chi connectivity index (χ1v) is 27.7. The summed E-state index contributed by atoms with van der Waals surface area (Å²) in [4.78, 5) is 105. The van der Waals surface area contributed by atoms with Crippen LogP contribution in [0.3, 0.4) is 0 Å². The van der Waals surface area contributed by atoms with Crippen molar-refractivity contribution in [2.75, 3.05) is 171 Å². The number of rotatable bonds is 56. The summed E-state index contributed by atoms with van der Waals surface area (Å²) in [5.74, 6) is -7.40. The third-order valence-corrected chi connectivity index (χ3v) is 12.0. The Morgan fingerprint density at radius 3 is 1.34 bits per heavy atom. The predicted octanol–water partition coefficient (Wildman–Crippen LogP) is -0.837. The monoisotopic (exact) mass is 1890 g/mol. The summed E-state index contributed by atoms with van der Waals surface area (Å²) in [7, 11) is -4.00. The molecule has 5 amide bonds. The molecule has 0 aliphatic rings. The number of carboxylic acid groups (broad SMARTS) is 3. The summed E-state index contributed by atoms with van der Waals surface area (Å²) < 4.78 is 65.9. The molecule has 0 saturated carbocycles. The van der Waals surface area contributed by atoms with Crippen molar-refractivity contribution >= 4 is 54.8 Å². The first-order valence-electron chi connectivity index (χ1n) is 25.7. The van der Waals surface area contributed by atoms with Crippen molar-refractivity contribution in [3.05, 3.63) is 0 Å². The molecule has 28 nitrogen and oxygen atoms in total. The molecule has 3 atom stereocenters. The summed E-state index contributed by atoms with van der Waals surface area (Å²) in [5.41, 5.74) is 0. The van der Waals surface area contributed by atoms with Gasteiger partial charge in [-0.1, -0.05) is 32.6 Å². The summed E-state index contributed by atoms with van der Waals surface area (Å²) in [6.45, 7) is 5.74. The molecule has 0 fully saturated rings. The zero-order chi connectivity index (χ0) is 56.3. The maximum Gasteiger partial charge on any atom is 0.329 e. The molecule has 0 aliphatic carbocycles. The number of amides is 5. The molecular formula is C47H86Fm3N5O23P. The Hall–Kier alpha value is -7.45. The van der Waals surface area contributed by atoms with Crippen molar-refractivity contribution in [2.45, 2.75) is 77.2 Å². The number of carboxylic acids is 3. The molecule has 0 radical (unpaired) electrons. The SMILES string of the molecule is CCCCCCCNC(=O)CCOCCOCCOCCNC(=O)C(CC(=O)NCCOCCOCCOCCNC(=O)CCP(=O)(O)CC(CCC(=O)O)C(=O)O)NC(=O)COCCOCCOCCOCC(=O)O.[Fm].[Fm].[Fm]. The molecular weight excluding hydrogens is 1800 g/mol. The molecule has 0 bridgehead atoms. The van der Waals surface area contributed by atoms with Gasteiger partial charge in [-0.2, -0.15) is 0 Å². The molecule has 0 aliphatic heterocycles. The quantitative estimate of drug-likeness (QED) is 0.0265. The Kier molecular flexibility index (Phi) is 53.3. The van der Waals surface area contributed by atoms with Crippen molar-refractivity contribution in [2.24, 2.45) is 5.92 Å². The van der Waals surface area contributed by atoms with Gasteiger partial charge >= 0.3 is 17.9 Å². The van der Waals surface area contributed by atoms with Crippen LogP contribution in [0.1, 0.15) is 71.1 Å². The Balaban J connectivity index is -0.00000937. The molecule has 0 aromatic heterocycles. The van der Waals surface area contributed by atoms with E-state index in [1.54, 1.807) is 0 Å². The minimum absolute atomic E-state index is 0. The fourth-order valence-corrected chi connectivity index (χ4v) is 7.93. The maximum atomic E-state index is 13.1. The second kappa shape index (κ2) is 53.9. The Morgan fingerprint density at radius 1 is 0.443 bits per heavy atom. The third-order valence-electron chi connectivity index (χ3n) is 10.1. The minimum atomic E-state index is -4.00. The Labute approximate surface area is 444 Å². The molecule has 79 heavy (non-hydrogen) atoms. The van der Waals surface area contributed by atoms with Gasteiger partial charge in [0.25, 0.3) is 0 Å². The number of nitrogens with one attached hydrogen (secondary N) is 5. The number of hydrogen-bond donors (Lipinski definition) is 9. The van der Waals surface area contributed by atoms with Crippen LogP contribution in [0.15, 0.2) is 0 Å². The smallest absolute Gasteiger partial charge is 0.329 e. The topological polar surface area (TPSA) is 387 Å². The summed E-state index contributed by atoms with van der Waals surface area (Å²) in [6, 6.07) is -1.25. The van der Waals surface area contributed by atoms with Crippen LogP contribution in [0.25, 0.3) is 0 Å². The molecule has 0 saturated heterocycles. The van der Waals surface area contributed by atoms with Crippen molar-refractivity contribution in [3.63, 3.8) is 0 Å². The van der Waals surface area contributed by atoms with Crippen molar-refractivity contribution in [1.29, 1.82) is 0 Å². The third kappa shape index (κ3) is 53.7. The largest absolute Gasteiger partial charge is 0.481 e. The van der Waals surface area contributed by atoms with Gasteiger partial charge in [0.2, 0.25) is 36.9 Å². The number of ether oxygens (including phenoxy) is 10. The zero-order valence-corrected chi connectivity index (χ0v) is 53.1. The molecule has 3 unspecified atom stereocenters. The molecule has 478 valence electrons. The van der Waals surface area contributed by atoms with Gasteiger partial charge in [-0.05, 0) is 12.8 Å². The minimum Gasteiger partial charge on any atom is -0.481 e. The van der Waals surface area contributed by atoms with Gasteiger partial charge in [-0.15, -0.1) is 0 Å². The number of unbranched alkanes of at least 4 members (excludes halogenated alkanes) is 4. The van der Waals surface area contributed by atoms with E-state index < -0.39 is 99.2 Å². The van der Waals surface area contributed by atoms with Gasteiger partial charge < -0.3 is 94.2 Å². The molecule has 32 heteroatoms. The van der Waals surface area contributed by atoms with Crippen molar-refractivity contribution in [3.8, 4) is 0 Å². The molecule has 0 aromatic carbocycles. The van der Waals surface area contributed by atoms with E-state index in [9.17, 15) is 52.9 Å². The predicted molar refractivity (Wildman–Crippen MR) is 270 cm³/mol. The summed E-state index contributed by atoms with van der Waals surface area (Å²) >= 11 is 0. The first kappa shape index (κ1) is 78.0. The average molecular weight is 1890 g/mol. The fraction of sp³-hybridized carbons (Fsp3) is 0.830. The summed E-state index contributed by atoms with van der Waals surface area (Å²) in [6.07, 6.45) is 3.33. The van der Waals surface area contributed by atoms with E-state index in [0.717, 1.165) is 12.8 Å². The van der Waals surface area contributed by atoms with E-state index in [1.165, 1.54) is 19.3 Å². The van der Waals surface area contributed by atoms with E-state index in [-0.39, 0.29) is 144 Å². The van der Waals surface area contributed by atoms with Crippen LogP contribution in [0, 0.1) is 5.92 Å². The normalized spacial score (nSPS) is 12.3. The van der Waals surface area contributed by atoms with E-state index in [4.69, 9.17) is 57.6 Å². The van der Waals surface area contributed by atoms with E-state index in [2.05, 4.69) is 33.5 Å². The standard InChI is InChI=1S/C47H86N5O23P.3Fm/c1-2-3-4-5-6-11-48-40(53)9-15-66-19-23-70-26-22-69-18-14-51-46(61)39(52-43(56)35-74-31-29-72-27-28-73-30-32-75-36-45(59)60)34-42(55)50-13-17-68-21-25-71-24-20-67-16-12-49-41(54)10-33-76(64,65)37-38(47(62)63)7-8-44(57)58;;;/h38-39H,2-37H2,1H3,(H,48,53)(H,49,54)(H,50,55)(H,51,61)(H,52,56)(H,57,58)(H,59,60)(H,62,63)(H,64,65);;;. The maximum absolute atomic E-state index is 13.1. The molecule has 0 heterocycles. The van der Waals surface area contributed by atoms with Crippen molar-refractivity contribution < 1.29 is 111 Å². The number of carbonyl (C=O) groups excluding carboxylic acids is 5. The van der Waals surface area contributed by atoms with Gasteiger partial charge in [-0.3, -0.25) is 38.1 Å². The Bertz CT molecular complexity index is 1650. The van der Waals surface area contributed by atoms with Crippen LogP contribution in [0.2, 0.25) is 0 Å². The first-order chi connectivity index (χ1) is 36.6. The van der Waals surface area contributed by atoms with Crippen molar-refractivity contribution in [1.82, 2.24) is 26.6 Å². The van der Waals surface area contributed by atoms with Crippen LogP contribution in [0.4, 0.5) is 0 Å². The second-order valence-corrected chi connectivity index (χ2v) is 19.2. The fourth-order valence-electron chi connectivity index (χ4n) is 6.16. The van der Waals surface area contributed by atoms with Crippen LogP contribution in [-0.2, 0) is 90.3 Å². The number of aliphatic carboxylic acids is 3. The molecule has 0 rings (SSSR count). The van der Waals surface area contributed by atoms with E-state index in [0.29, 0.717) is 26.4 Å². The number of hydrogen-bond acceptors (Lipinski definition) is 19. The summed E-state index contributed by atoms with van der Waals surface area (Å²) in [5, 5.41) is 39.7. The van der Waals surface area contributed by atoms with Crippen LogP contribution < -0.4 is 26.6 Å². The zero-order valence-electron chi connectivity index (χ0n) is 45.0. The second-order valence-electron chi connectivity index (χ2n) is 16.7. The van der Waals surface area contributed by atoms with Crippen LogP contribution >= 0.6 is 7.37 Å². The molecule has 0 spiro atoms. The van der Waals surface area contributed by atoms with E-state index in [1.807, 2.05) is 0 Å². The Morgan fingerprint density at radius 2 is 0.861 bits per heavy atom. The van der Waals surface area contributed by atoms with Gasteiger partial charge in [0.1, 0.15) is 19.3 Å². The van der Waals surface area contributed by atoms with Gasteiger partial charge in [-0.25, -0.2) is 4.79 Å². The van der Waals surface area contributed by atoms with Gasteiger partial charge in [0.15, 0.2) is 0 Å². The van der Waals surface area contributed by atoms with Crippen LogP contribution in [-0.4, -0.2) is 244 Å². The van der Waals surface area contributed by atoms with Gasteiger partial charge in [0.05, 0.1) is 131 Å². The van der Waals surface area contributed by atoms with E-state index >= 15 is 0 Å². The van der Waals surface area contributed by atoms with Gasteiger partial charge in [0, 0.05) is 57.8 Å².